The van der Waals surface area contributed by atoms with E-state index in [2.05, 4.69) is 69.4 Å². The highest BCUT2D eigenvalue weighted by atomic mass is 16.5. The average molecular weight is 283 g/mol. The van der Waals surface area contributed by atoms with Gasteiger partial charge in [0.25, 0.3) is 0 Å². The Morgan fingerprint density at radius 3 is 2.43 bits per heavy atom. The quantitative estimate of drug-likeness (QED) is 0.785. The van der Waals surface area contributed by atoms with Crippen LogP contribution in [0.3, 0.4) is 0 Å². The molecular formula is C19H25NO. The molecular weight excluding hydrogens is 258 g/mol. The monoisotopic (exact) mass is 283 g/mol. The fourth-order valence-electron chi connectivity index (χ4n) is 2.22. The first-order valence-electron chi connectivity index (χ1n) is 7.64. The summed E-state index contributed by atoms with van der Waals surface area (Å²) in [5.74, 6) is 1.50. The van der Waals surface area contributed by atoms with Gasteiger partial charge in [-0.2, -0.15) is 0 Å². The molecule has 2 aromatic carbocycles. The Balaban J connectivity index is 2.08. The highest BCUT2D eigenvalue weighted by Gasteiger charge is 2.05. The summed E-state index contributed by atoms with van der Waals surface area (Å²) in [6.45, 7) is 9.30. The Bertz CT molecular complexity index is 575. The van der Waals surface area contributed by atoms with E-state index in [-0.39, 0.29) is 6.10 Å². The number of hydrogen-bond acceptors (Lipinski definition) is 2. The van der Waals surface area contributed by atoms with Crippen LogP contribution in [0.2, 0.25) is 0 Å². The minimum atomic E-state index is 0.190. The molecule has 112 valence electrons. The number of para-hydroxylation sites is 1. The molecule has 0 atom stereocenters. The predicted octanol–water partition coefficient (Wildman–Crippen LogP) is 5.21. The zero-order valence-electron chi connectivity index (χ0n) is 13.4. The molecule has 0 unspecified atom stereocenters. The summed E-state index contributed by atoms with van der Waals surface area (Å²) in [4.78, 5) is 0. The van der Waals surface area contributed by atoms with Gasteiger partial charge in [0.15, 0.2) is 0 Å². The second kappa shape index (κ2) is 7.16. The maximum absolute atomic E-state index is 5.86. The molecule has 0 aliphatic heterocycles. The summed E-state index contributed by atoms with van der Waals surface area (Å²) >= 11 is 0. The van der Waals surface area contributed by atoms with E-state index in [1.165, 1.54) is 11.1 Å². The molecule has 0 aromatic heterocycles. The summed E-state index contributed by atoms with van der Waals surface area (Å²) in [6.07, 6.45) is 0.190. The van der Waals surface area contributed by atoms with Crippen LogP contribution < -0.4 is 10.1 Å². The maximum Gasteiger partial charge on any atom is 0.124 e. The molecule has 0 aliphatic carbocycles. The highest BCUT2D eigenvalue weighted by Crippen LogP contribution is 2.22. The molecule has 2 nitrogen and oxygen atoms in total. The molecule has 1 N–H and O–H groups in total. The van der Waals surface area contributed by atoms with Gasteiger partial charge >= 0.3 is 0 Å². The van der Waals surface area contributed by atoms with Crippen molar-refractivity contribution in [3.8, 4) is 5.75 Å². The number of ether oxygens (including phenoxy) is 1. The van der Waals surface area contributed by atoms with Crippen LogP contribution in [0.5, 0.6) is 5.75 Å². The van der Waals surface area contributed by atoms with Crippen LogP contribution >= 0.6 is 0 Å². The fourth-order valence-corrected chi connectivity index (χ4v) is 2.22. The lowest BCUT2D eigenvalue weighted by Crippen LogP contribution is -2.09. The summed E-state index contributed by atoms with van der Waals surface area (Å²) in [7, 11) is 0. The van der Waals surface area contributed by atoms with E-state index in [0.29, 0.717) is 5.92 Å². The van der Waals surface area contributed by atoms with Crippen LogP contribution in [0.25, 0.3) is 0 Å². The van der Waals surface area contributed by atoms with E-state index >= 15 is 0 Å². The van der Waals surface area contributed by atoms with E-state index < -0.39 is 0 Å². The van der Waals surface area contributed by atoms with Crippen molar-refractivity contribution in [2.24, 2.45) is 0 Å². The number of hydrogen-bond donors (Lipinski definition) is 1. The van der Waals surface area contributed by atoms with Crippen molar-refractivity contribution in [3.05, 3.63) is 59.7 Å². The molecule has 0 spiro atoms. The third kappa shape index (κ3) is 4.52. The third-order valence-corrected chi connectivity index (χ3v) is 3.37. The van der Waals surface area contributed by atoms with Gasteiger partial charge in [-0.3, -0.25) is 0 Å². The van der Waals surface area contributed by atoms with Crippen molar-refractivity contribution in [1.29, 1.82) is 0 Å². The topological polar surface area (TPSA) is 21.3 Å². The zero-order chi connectivity index (χ0) is 15.2. The first-order chi connectivity index (χ1) is 10.1. The van der Waals surface area contributed by atoms with Gasteiger partial charge in [-0.05, 0) is 43.5 Å². The molecule has 0 heterocycles. The van der Waals surface area contributed by atoms with E-state index in [4.69, 9.17) is 4.74 Å². The van der Waals surface area contributed by atoms with Gasteiger partial charge in [-0.1, -0.05) is 44.2 Å². The molecule has 21 heavy (non-hydrogen) atoms. The van der Waals surface area contributed by atoms with Crippen molar-refractivity contribution >= 4 is 5.69 Å². The Kier molecular flexibility index (Phi) is 5.26. The molecule has 0 aliphatic rings. The lowest BCUT2D eigenvalue weighted by molar-refractivity contribution is 0.240. The Morgan fingerprint density at radius 1 is 0.952 bits per heavy atom. The number of nitrogens with one attached hydrogen (secondary N) is 1. The highest BCUT2D eigenvalue weighted by molar-refractivity contribution is 5.48. The zero-order valence-corrected chi connectivity index (χ0v) is 13.4. The van der Waals surface area contributed by atoms with Gasteiger partial charge in [0, 0.05) is 17.8 Å². The van der Waals surface area contributed by atoms with Gasteiger partial charge < -0.3 is 10.1 Å². The summed E-state index contributed by atoms with van der Waals surface area (Å²) in [5, 5.41) is 3.49. The van der Waals surface area contributed by atoms with Crippen LogP contribution in [0.15, 0.2) is 48.5 Å². The second-order valence-corrected chi connectivity index (χ2v) is 5.91. The van der Waals surface area contributed by atoms with Crippen molar-refractivity contribution in [2.45, 2.75) is 46.3 Å². The van der Waals surface area contributed by atoms with Crippen molar-refractivity contribution in [1.82, 2.24) is 0 Å². The molecule has 0 radical (unpaired) electrons. The third-order valence-electron chi connectivity index (χ3n) is 3.37. The van der Waals surface area contributed by atoms with Crippen molar-refractivity contribution < 1.29 is 4.74 Å². The first kappa shape index (κ1) is 15.4. The largest absolute Gasteiger partial charge is 0.491 e. The number of rotatable bonds is 6. The lowest BCUT2D eigenvalue weighted by Gasteiger charge is -2.15. The molecule has 2 aromatic rings. The van der Waals surface area contributed by atoms with Crippen LogP contribution in [0, 0.1) is 0 Å². The van der Waals surface area contributed by atoms with Gasteiger partial charge in [-0.15, -0.1) is 0 Å². The van der Waals surface area contributed by atoms with E-state index in [1.54, 1.807) is 0 Å². The predicted molar refractivity (Wildman–Crippen MR) is 90.1 cm³/mol. The molecule has 2 heteroatoms. The summed E-state index contributed by atoms with van der Waals surface area (Å²) in [5.41, 5.74) is 3.69. The van der Waals surface area contributed by atoms with Gasteiger partial charge in [0.1, 0.15) is 5.75 Å². The number of benzene rings is 2. The lowest BCUT2D eigenvalue weighted by atomic mass is 10.0. The van der Waals surface area contributed by atoms with E-state index in [9.17, 15) is 0 Å². The summed E-state index contributed by atoms with van der Waals surface area (Å²) in [6, 6.07) is 16.8. The SMILES string of the molecule is CC(C)Oc1ccccc1CNc1cccc(C(C)C)c1. The molecule has 0 fully saturated rings. The van der Waals surface area contributed by atoms with Crippen LogP contribution in [0.4, 0.5) is 5.69 Å². The minimum absolute atomic E-state index is 0.190. The maximum atomic E-state index is 5.86. The standard InChI is InChI=1S/C19H25NO/c1-14(2)16-9-7-10-18(12-16)20-13-17-8-5-6-11-19(17)21-15(3)4/h5-12,14-15,20H,13H2,1-4H3. The molecule has 2 rings (SSSR count). The van der Waals surface area contributed by atoms with Crippen molar-refractivity contribution in [3.63, 3.8) is 0 Å². The molecule has 0 saturated heterocycles. The first-order valence-corrected chi connectivity index (χ1v) is 7.64. The fraction of sp³-hybridized carbons (Fsp3) is 0.368. The molecule has 0 bridgehead atoms. The summed E-state index contributed by atoms with van der Waals surface area (Å²) < 4.78 is 5.86. The molecule has 0 saturated carbocycles. The van der Waals surface area contributed by atoms with Crippen LogP contribution in [-0.4, -0.2) is 6.10 Å². The Hall–Kier alpha value is -1.96. The van der Waals surface area contributed by atoms with Gasteiger partial charge in [-0.25, -0.2) is 0 Å². The number of anilines is 1. The van der Waals surface area contributed by atoms with E-state index in [0.717, 1.165) is 18.0 Å². The Labute approximate surface area is 128 Å². The van der Waals surface area contributed by atoms with Crippen molar-refractivity contribution in [2.75, 3.05) is 5.32 Å². The Morgan fingerprint density at radius 2 is 1.71 bits per heavy atom. The minimum Gasteiger partial charge on any atom is -0.491 e. The molecule has 0 amide bonds. The normalized spacial score (nSPS) is 11.0. The smallest absolute Gasteiger partial charge is 0.124 e. The van der Waals surface area contributed by atoms with E-state index in [1.807, 2.05) is 12.1 Å². The van der Waals surface area contributed by atoms with Gasteiger partial charge in [0.2, 0.25) is 0 Å². The van der Waals surface area contributed by atoms with Gasteiger partial charge in [0.05, 0.1) is 6.10 Å². The van der Waals surface area contributed by atoms with Crippen LogP contribution in [-0.2, 0) is 6.54 Å². The van der Waals surface area contributed by atoms with Crippen LogP contribution in [0.1, 0.15) is 44.7 Å². The second-order valence-electron chi connectivity index (χ2n) is 5.91. The average Bonchev–Trinajstić information content (AvgIpc) is 2.46.